The molecule has 102 valence electrons. The third-order valence-electron chi connectivity index (χ3n) is 3.03. The number of ether oxygens (including phenoxy) is 1. The van der Waals surface area contributed by atoms with Crippen LogP contribution < -0.4 is 5.32 Å². The molecule has 0 spiro atoms. The number of hydrogen-bond donors (Lipinski definition) is 3. The van der Waals surface area contributed by atoms with Crippen molar-refractivity contribution >= 4 is 0 Å². The molecule has 0 saturated carbocycles. The van der Waals surface area contributed by atoms with E-state index in [1.54, 1.807) is 20.2 Å². The van der Waals surface area contributed by atoms with Crippen LogP contribution in [-0.4, -0.2) is 35.0 Å². The van der Waals surface area contributed by atoms with Gasteiger partial charge in [-0.15, -0.1) is 0 Å². The quantitative estimate of drug-likeness (QED) is 0.679. The molecule has 0 radical (unpaired) electrons. The summed E-state index contributed by atoms with van der Waals surface area (Å²) in [6, 6.07) is 0.231. The summed E-state index contributed by atoms with van der Waals surface area (Å²) in [4.78, 5) is 4.03. The number of rotatable bonds is 7. The lowest BCUT2D eigenvalue weighted by Crippen LogP contribution is -2.32. The van der Waals surface area contributed by atoms with Crippen molar-refractivity contribution in [2.45, 2.75) is 39.5 Å². The number of hydrogen-bond acceptors (Lipinski definition) is 5. The third-order valence-corrected chi connectivity index (χ3v) is 3.03. The lowest BCUT2D eigenvalue weighted by Gasteiger charge is -2.18. The lowest BCUT2D eigenvalue weighted by atomic mass is 10.1. The number of nitrogens with one attached hydrogen (secondary N) is 1. The molecule has 0 aliphatic rings. The van der Waals surface area contributed by atoms with Gasteiger partial charge in [0.25, 0.3) is 0 Å². The molecule has 1 unspecified atom stereocenters. The number of methoxy groups -OCH3 is 1. The van der Waals surface area contributed by atoms with Crippen LogP contribution in [0, 0.1) is 6.92 Å². The molecule has 0 aliphatic heterocycles. The van der Waals surface area contributed by atoms with E-state index in [2.05, 4.69) is 17.2 Å². The van der Waals surface area contributed by atoms with Crippen LogP contribution in [0.4, 0.5) is 0 Å². The Bertz CT molecular complexity index is 383. The summed E-state index contributed by atoms with van der Waals surface area (Å²) in [5.41, 5.74) is 1.93. The maximum absolute atomic E-state index is 9.98. The van der Waals surface area contributed by atoms with Crippen molar-refractivity contribution in [1.29, 1.82) is 0 Å². The van der Waals surface area contributed by atoms with Gasteiger partial charge in [-0.25, -0.2) is 0 Å². The zero-order valence-corrected chi connectivity index (χ0v) is 11.2. The van der Waals surface area contributed by atoms with Gasteiger partial charge in [0.15, 0.2) is 0 Å². The average molecular weight is 254 g/mol. The smallest absolute Gasteiger partial charge is 0.141 e. The maximum Gasteiger partial charge on any atom is 0.141 e. The number of aromatic nitrogens is 1. The number of aryl methyl sites for hydroxylation is 1. The zero-order chi connectivity index (χ0) is 13.5. The minimum Gasteiger partial charge on any atom is -0.506 e. The van der Waals surface area contributed by atoms with Crippen molar-refractivity contribution < 1.29 is 14.9 Å². The zero-order valence-electron chi connectivity index (χ0n) is 11.2. The van der Waals surface area contributed by atoms with Crippen LogP contribution in [0.5, 0.6) is 5.75 Å². The van der Waals surface area contributed by atoms with Crippen molar-refractivity contribution in [2.24, 2.45) is 0 Å². The fraction of sp³-hybridized carbons (Fsp3) is 0.615. The molecule has 0 saturated heterocycles. The van der Waals surface area contributed by atoms with Crippen LogP contribution in [0.25, 0.3) is 0 Å². The average Bonchev–Trinajstić information content (AvgIpc) is 2.38. The Kier molecular flexibility index (Phi) is 6.04. The van der Waals surface area contributed by atoms with Gasteiger partial charge < -0.3 is 20.3 Å². The van der Waals surface area contributed by atoms with Crippen molar-refractivity contribution in [1.82, 2.24) is 10.3 Å². The Morgan fingerprint density at radius 1 is 1.50 bits per heavy atom. The highest BCUT2D eigenvalue weighted by Crippen LogP contribution is 2.23. The molecular weight excluding hydrogens is 232 g/mol. The second kappa shape index (κ2) is 7.31. The summed E-state index contributed by atoms with van der Waals surface area (Å²) < 4.78 is 5.11. The van der Waals surface area contributed by atoms with E-state index in [0.717, 1.165) is 6.42 Å². The first-order valence-electron chi connectivity index (χ1n) is 6.13. The Balaban J connectivity index is 2.79. The molecule has 1 aromatic rings. The molecule has 0 fully saturated rings. The van der Waals surface area contributed by atoms with E-state index in [4.69, 9.17) is 4.74 Å². The topological polar surface area (TPSA) is 74.6 Å². The molecule has 18 heavy (non-hydrogen) atoms. The van der Waals surface area contributed by atoms with Gasteiger partial charge in [-0.2, -0.15) is 0 Å². The highest BCUT2D eigenvalue weighted by molar-refractivity contribution is 5.40. The van der Waals surface area contributed by atoms with Gasteiger partial charge in [0, 0.05) is 37.0 Å². The first kappa shape index (κ1) is 14.9. The van der Waals surface area contributed by atoms with Gasteiger partial charge in [0.05, 0.1) is 18.9 Å². The molecule has 1 heterocycles. The maximum atomic E-state index is 9.98. The number of aliphatic hydroxyl groups excluding tert-OH is 1. The van der Waals surface area contributed by atoms with Gasteiger partial charge in [-0.05, 0) is 13.3 Å². The van der Waals surface area contributed by atoms with E-state index in [-0.39, 0.29) is 18.4 Å². The minimum atomic E-state index is -0.126. The molecule has 0 amide bonds. The first-order chi connectivity index (χ1) is 8.63. The van der Waals surface area contributed by atoms with Crippen LogP contribution in [0.1, 0.15) is 30.2 Å². The van der Waals surface area contributed by atoms with Crippen molar-refractivity contribution in [3.05, 3.63) is 23.0 Å². The molecule has 0 bridgehead atoms. The monoisotopic (exact) mass is 254 g/mol. The summed E-state index contributed by atoms with van der Waals surface area (Å²) in [5.74, 6) is 0.154. The predicted molar refractivity (Wildman–Crippen MR) is 69.4 cm³/mol. The Labute approximate surface area is 108 Å². The van der Waals surface area contributed by atoms with Crippen molar-refractivity contribution in [3.8, 4) is 5.75 Å². The highest BCUT2D eigenvalue weighted by atomic mass is 16.5. The molecule has 0 aliphatic carbocycles. The number of pyridine rings is 1. The number of aromatic hydroxyl groups is 1. The third kappa shape index (κ3) is 3.66. The predicted octanol–water partition coefficient (Wildman–Crippen LogP) is 1.10. The van der Waals surface area contributed by atoms with Gasteiger partial charge in [0.1, 0.15) is 5.75 Å². The first-order valence-corrected chi connectivity index (χ1v) is 6.13. The molecule has 5 nitrogen and oxygen atoms in total. The lowest BCUT2D eigenvalue weighted by molar-refractivity contribution is 0.163. The summed E-state index contributed by atoms with van der Waals surface area (Å²) in [6.07, 6.45) is 2.54. The normalized spacial score (nSPS) is 12.7. The molecule has 5 heteroatoms. The van der Waals surface area contributed by atoms with E-state index in [1.165, 1.54) is 0 Å². The van der Waals surface area contributed by atoms with Crippen LogP contribution in [-0.2, 0) is 17.9 Å². The van der Waals surface area contributed by atoms with Crippen LogP contribution in [0.2, 0.25) is 0 Å². The molecule has 1 aromatic heterocycles. The largest absolute Gasteiger partial charge is 0.506 e. The molecule has 1 atom stereocenters. The fourth-order valence-electron chi connectivity index (χ4n) is 1.79. The SMILES string of the molecule is CCC(COC)NCc1c(CO)cnc(C)c1O. The van der Waals surface area contributed by atoms with Gasteiger partial charge >= 0.3 is 0 Å². The fourth-order valence-corrected chi connectivity index (χ4v) is 1.79. The molecule has 0 aromatic carbocycles. The van der Waals surface area contributed by atoms with Gasteiger partial charge in [-0.3, -0.25) is 4.98 Å². The summed E-state index contributed by atoms with van der Waals surface area (Å²) in [7, 11) is 1.66. The van der Waals surface area contributed by atoms with E-state index in [9.17, 15) is 10.2 Å². The molecule has 1 rings (SSSR count). The van der Waals surface area contributed by atoms with Gasteiger partial charge in [0.2, 0.25) is 0 Å². The summed E-state index contributed by atoms with van der Waals surface area (Å²) in [5, 5.41) is 22.5. The Morgan fingerprint density at radius 3 is 2.78 bits per heavy atom. The highest BCUT2D eigenvalue weighted by Gasteiger charge is 2.13. The number of nitrogens with zero attached hydrogens (tertiary/aromatic N) is 1. The molecule has 3 N–H and O–H groups in total. The van der Waals surface area contributed by atoms with Crippen molar-refractivity contribution in [2.75, 3.05) is 13.7 Å². The Morgan fingerprint density at radius 2 is 2.22 bits per heavy atom. The van der Waals surface area contributed by atoms with Gasteiger partial charge in [-0.1, -0.05) is 6.92 Å². The van der Waals surface area contributed by atoms with Crippen LogP contribution in [0.3, 0.4) is 0 Å². The summed E-state index contributed by atoms with van der Waals surface area (Å²) in [6.45, 7) is 4.80. The Hall–Kier alpha value is -1.17. The second-order valence-electron chi connectivity index (χ2n) is 4.30. The van der Waals surface area contributed by atoms with E-state index in [0.29, 0.717) is 30.0 Å². The van der Waals surface area contributed by atoms with E-state index >= 15 is 0 Å². The number of aliphatic hydroxyl groups is 1. The van der Waals surface area contributed by atoms with E-state index in [1.807, 2.05) is 0 Å². The molecular formula is C13H22N2O3. The minimum absolute atomic E-state index is 0.126. The van der Waals surface area contributed by atoms with E-state index < -0.39 is 0 Å². The van der Waals surface area contributed by atoms with Crippen LogP contribution in [0.15, 0.2) is 6.20 Å². The van der Waals surface area contributed by atoms with Crippen LogP contribution >= 0.6 is 0 Å². The second-order valence-corrected chi connectivity index (χ2v) is 4.30. The van der Waals surface area contributed by atoms with Crippen molar-refractivity contribution in [3.63, 3.8) is 0 Å². The standard InChI is InChI=1S/C13H22N2O3/c1-4-11(8-18-3)15-6-12-10(7-16)5-14-9(2)13(12)17/h5,11,15-17H,4,6-8H2,1-3H3. The summed E-state index contributed by atoms with van der Waals surface area (Å²) >= 11 is 0.